The van der Waals surface area contributed by atoms with Gasteiger partial charge in [-0.05, 0) is 0 Å². The highest BCUT2D eigenvalue weighted by Crippen LogP contribution is 2.31. The highest BCUT2D eigenvalue weighted by atomic mass is 16.6. The van der Waals surface area contributed by atoms with Gasteiger partial charge < -0.3 is 20.1 Å². The number of nitrogens with zero attached hydrogens (tertiary/aromatic N) is 4. The molecule has 3 rings (SSSR count). The van der Waals surface area contributed by atoms with Gasteiger partial charge in [-0.25, -0.2) is 4.98 Å². The molecule has 0 bridgehead atoms. The maximum atomic E-state index is 9.92. The number of hydrogen-bond acceptors (Lipinski definition) is 7. The van der Waals surface area contributed by atoms with Crippen molar-refractivity contribution in [1.29, 1.82) is 0 Å². The van der Waals surface area contributed by atoms with Crippen LogP contribution < -0.4 is 0 Å². The number of aromatic nitrogens is 4. The van der Waals surface area contributed by atoms with Crippen molar-refractivity contribution in [2.24, 2.45) is 0 Å². The number of aliphatic hydroxyl groups is 3. The van der Waals surface area contributed by atoms with E-state index >= 15 is 0 Å². The van der Waals surface area contributed by atoms with Crippen LogP contribution in [0.15, 0.2) is 18.7 Å². The zero-order valence-corrected chi connectivity index (χ0v) is 9.29. The summed E-state index contributed by atoms with van der Waals surface area (Å²) in [5.74, 6) is 0. The SMILES string of the molecule is OC[C@H]1O[C@@H](n2cnc3cnncc32)[C@H](O)[C@@H]1O. The number of ether oxygens (including phenoxy) is 1. The van der Waals surface area contributed by atoms with Crippen LogP contribution in [0.2, 0.25) is 0 Å². The third-order valence-electron chi connectivity index (χ3n) is 3.08. The summed E-state index contributed by atoms with van der Waals surface area (Å²) in [7, 11) is 0. The van der Waals surface area contributed by atoms with Crippen LogP contribution in [0.5, 0.6) is 0 Å². The fourth-order valence-corrected chi connectivity index (χ4v) is 2.11. The Morgan fingerprint density at radius 3 is 2.72 bits per heavy atom. The van der Waals surface area contributed by atoms with Gasteiger partial charge in [0.15, 0.2) is 6.23 Å². The Morgan fingerprint density at radius 2 is 2.00 bits per heavy atom. The van der Waals surface area contributed by atoms with Gasteiger partial charge in [-0.3, -0.25) is 4.57 Å². The normalized spacial score (nSPS) is 32.2. The van der Waals surface area contributed by atoms with Gasteiger partial charge in [-0.2, -0.15) is 10.2 Å². The lowest BCUT2D eigenvalue weighted by atomic mass is 10.1. The number of hydrogen-bond donors (Lipinski definition) is 3. The summed E-state index contributed by atoms with van der Waals surface area (Å²) in [5, 5.41) is 36.1. The lowest BCUT2D eigenvalue weighted by Gasteiger charge is -2.16. The minimum Gasteiger partial charge on any atom is -0.394 e. The molecule has 0 radical (unpaired) electrons. The van der Waals surface area contributed by atoms with Crippen molar-refractivity contribution >= 4 is 11.0 Å². The third-order valence-corrected chi connectivity index (χ3v) is 3.08. The standard InChI is InChI=1S/C10H12N4O4/c15-3-7-8(16)9(17)10(18-7)14-4-11-5-1-12-13-2-6(5)14/h1-2,4,7-10,15-17H,3H2/t7-,8-,9-,10-/m1/s1. The Bertz CT molecular complexity index is 560. The Labute approximate surface area is 101 Å². The summed E-state index contributed by atoms with van der Waals surface area (Å²) >= 11 is 0. The van der Waals surface area contributed by atoms with Crippen LogP contribution in [0.4, 0.5) is 0 Å². The first-order valence-electron chi connectivity index (χ1n) is 5.48. The average Bonchev–Trinajstić information content (AvgIpc) is 2.93. The molecule has 96 valence electrons. The van der Waals surface area contributed by atoms with Crippen molar-refractivity contribution in [3.8, 4) is 0 Å². The quantitative estimate of drug-likeness (QED) is 0.592. The molecule has 0 amide bonds. The van der Waals surface area contributed by atoms with Crippen LogP contribution in [0.1, 0.15) is 6.23 Å². The molecule has 0 saturated carbocycles. The second-order valence-corrected chi connectivity index (χ2v) is 4.14. The van der Waals surface area contributed by atoms with Crippen molar-refractivity contribution in [2.75, 3.05) is 6.61 Å². The Kier molecular flexibility index (Phi) is 2.71. The van der Waals surface area contributed by atoms with E-state index in [1.165, 1.54) is 18.7 Å². The minimum absolute atomic E-state index is 0.360. The monoisotopic (exact) mass is 252 g/mol. The molecule has 0 aromatic carbocycles. The number of aliphatic hydroxyl groups excluding tert-OH is 3. The first-order valence-corrected chi connectivity index (χ1v) is 5.48. The van der Waals surface area contributed by atoms with E-state index in [9.17, 15) is 10.2 Å². The molecule has 1 aliphatic rings. The van der Waals surface area contributed by atoms with E-state index in [4.69, 9.17) is 9.84 Å². The highest BCUT2D eigenvalue weighted by molar-refractivity contribution is 5.72. The Hall–Kier alpha value is -1.61. The van der Waals surface area contributed by atoms with E-state index in [0.717, 1.165) is 0 Å². The number of imidazole rings is 1. The maximum absolute atomic E-state index is 9.92. The highest BCUT2D eigenvalue weighted by Gasteiger charge is 2.43. The van der Waals surface area contributed by atoms with Gasteiger partial charge in [-0.1, -0.05) is 0 Å². The van der Waals surface area contributed by atoms with Crippen LogP contribution >= 0.6 is 0 Å². The molecule has 4 atom stereocenters. The largest absolute Gasteiger partial charge is 0.394 e. The van der Waals surface area contributed by atoms with E-state index in [-0.39, 0.29) is 6.61 Å². The van der Waals surface area contributed by atoms with Gasteiger partial charge in [0.1, 0.15) is 23.8 Å². The van der Waals surface area contributed by atoms with Gasteiger partial charge in [0.2, 0.25) is 0 Å². The summed E-state index contributed by atoms with van der Waals surface area (Å²) in [6, 6.07) is 0. The lowest BCUT2D eigenvalue weighted by molar-refractivity contribution is -0.0509. The van der Waals surface area contributed by atoms with Crippen LogP contribution in [-0.2, 0) is 4.74 Å². The second kappa shape index (κ2) is 4.25. The van der Waals surface area contributed by atoms with E-state index in [0.29, 0.717) is 11.0 Å². The van der Waals surface area contributed by atoms with Crippen molar-refractivity contribution in [3.05, 3.63) is 18.7 Å². The molecule has 0 aliphatic carbocycles. The van der Waals surface area contributed by atoms with Gasteiger partial charge in [-0.15, -0.1) is 0 Å². The first-order chi connectivity index (χ1) is 8.72. The predicted octanol–water partition coefficient (Wildman–Crippen LogP) is -1.56. The van der Waals surface area contributed by atoms with Crippen LogP contribution in [0, 0.1) is 0 Å². The number of fused-ring (bicyclic) bond motifs is 1. The maximum Gasteiger partial charge on any atom is 0.164 e. The van der Waals surface area contributed by atoms with E-state index < -0.39 is 24.5 Å². The van der Waals surface area contributed by atoms with Gasteiger partial charge in [0.05, 0.1) is 30.8 Å². The second-order valence-electron chi connectivity index (χ2n) is 4.14. The third kappa shape index (κ3) is 1.58. The smallest absolute Gasteiger partial charge is 0.164 e. The van der Waals surface area contributed by atoms with Crippen LogP contribution in [-0.4, -0.2) is 60.0 Å². The zero-order valence-electron chi connectivity index (χ0n) is 9.29. The lowest BCUT2D eigenvalue weighted by Crippen LogP contribution is -2.33. The Morgan fingerprint density at radius 1 is 1.22 bits per heavy atom. The van der Waals surface area contributed by atoms with Crippen LogP contribution in [0.25, 0.3) is 11.0 Å². The molecule has 0 spiro atoms. The number of rotatable bonds is 2. The van der Waals surface area contributed by atoms with Crippen molar-refractivity contribution < 1.29 is 20.1 Å². The molecule has 18 heavy (non-hydrogen) atoms. The van der Waals surface area contributed by atoms with Crippen molar-refractivity contribution in [3.63, 3.8) is 0 Å². The fraction of sp³-hybridized carbons (Fsp3) is 0.500. The molecule has 8 heteroatoms. The predicted molar refractivity (Wildman–Crippen MR) is 58.3 cm³/mol. The first kappa shape index (κ1) is 11.5. The molecule has 8 nitrogen and oxygen atoms in total. The minimum atomic E-state index is -1.13. The molecule has 1 fully saturated rings. The van der Waals surface area contributed by atoms with Crippen molar-refractivity contribution in [1.82, 2.24) is 19.7 Å². The Balaban J connectivity index is 2.00. The summed E-state index contributed by atoms with van der Waals surface area (Å²) in [6.45, 7) is -0.360. The molecule has 1 aliphatic heterocycles. The van der Waals surface area contributed by atoms with Crippen molar-refractivity contribution in [2.45, 2.75) is 24.5 Å². The molecular formula is C10H12N4O4. The average molecular weight is 252 g/mol. The molecule has 1 saturated heterocycles. The van der Waals surface area contributed by atoms with E-state index in [1.54, 1.807) is 4.57 Å². The molecular weight excluding hydrogens is 240 g/mol. The van der Waals surface area contributed by atoms with Crippen LogP contribution in [0.3, 0.4) is 0 Å². The van der Waals surface area contributed by atoms with E-state index in [1.807, 2.05) is 0 Å². The molecule has 3 N–H and O–H groups in total. The zero-order chi connectivity index (χ0) is 12.7. The van der Waals surface area contributed by atoms with E-state index in [2.05, 4.69) is 15.2 Å². The summed E-state index contributed by atoms with van der Waals surface area (Å²) in [6.07, 6.45) is 0.599. The fourth-order valence-electron chi connectivity index (χ4n) is 2.11. The van der Waals surface area contributed by atoms with Gasteiger partial charge in [0.25, 0.3) is 0 Å². The summed E-state index contributed by atoms with van der Waals surface area (Å²) in [4.78, 5) is 4.10. The summed E-state index contributed by atoms with van der Waals surface area (Å²) in [5.41, 5.74) is 1.25. The van der Waals surface area contributed by atoms with Gasteiger partial charge >= 0.3 is 0 Å². The topological polar surface area (TPSA) is 114 Å². The molecule has 2 aromatic heterocycles. The molecule has 0 unspecified atom stereocenters. The summed E-state index contributed by atoms with van der Waals surface area (Å²) < 4.78 is 6.98. The van der Waals surface area contributed by atoms with Gasteiger partial charge in [0, 0.05) is 0 Å². The molecule has 2 aromatic rings. The molecule has 3 heterocycles.